The van der Waals surface area contributed by atoms with E-state index < -0.39 is 62.2 Å². The van der Waals surface area contributed by atoms with Gasteiger partial charge in [0.25, 0.3) is 0 Å². The van der Waals surface area contributed by atoms with Gasteiger partial charge in [0.2, 0.25) is 23.0 Å². The number of hydrogen-bond acceptors (Lipinski definition) is 11. The summed E-state index contributed by atoms with van der Waals surface area (Å²) in [6.07, 6.45) is 9.15. The van der Waals surface area contributed by atoms with Crippen LogP contribution in [0.3, 0.4) is 0 Å². The minimum Gasteiger partial charge on any atom is -0.504 e. The number of thiophene rings is 1. The molecule has 12 rings (SSSR count). The van der Waals surface area contributed by atoms with Crippen molar-refractivity contribution in [1.29, 1.82) is 0 Å². The van der Waals surface area contributed by atoms with Crippen LogP contribution in [0.4, 0.5) is 0 Å². The number of fused-ring (bicyclic) bond motifs is 12. The van der Waals surface area contributed by atoms with Crippen LogP contribution in [-0.4, -0.2) is 55.4 Å². The van der Waals surface area contributed by atoms with Gasteiger partial charge in [0, 0.05) is 26.6 Å². The molecule has 0 saturated heterocycles. The molecule has 0 saturated carbocycles. The average molecular weight is 874 g/mol. The van der Waals surface area contributed by atoms with Crippen molar-refractivity contribution in [2.45, 2.75) is 18.8 Å². The lowest BCUT2D eigenvalue weighted by Gasteiger charge is -2.26. The van der Waals surface area contributed by atoms with E-state index in [0.29, 0.717) is 17.0 Å². The largest absolute Gasteiger partial charge is 0.504 e. The highest BCUT2D eigenvalue weighted by molar-refractivity contribution is 7.26. The Balaban J connectivity index is 1.26. The van der Waals surface area contributed by atoms with Gasteiger partial charge in [-0.05, 0) is 68.6 Å². The Kier molecular flexibility index (Phi) is 7.94. The van der Waals surface area contributed by atoms with Gasteiger partial charge >= 0.3 is 0 Å². The first kappa shape index (κ1) is 38.2. The molecule has 0 bridgehead atoms. The number of rotatable bonds is 4. The van der Waals surface area contributed by atoms with E-state index in [9.17, 15) is 40.9 Å². The van der Waals surface area contributed by atoms with Gasteiger partial charge in [-0.1, -0.05) is 116 Å². The monoisotopic (exact) mass is 873 g/mol. The topological polar surface area (TPSA) is 193 Å². The smallest absolute Gasteiger partial charge is 0.206 e. The molecule has 1 aliphatic carbocycles. The number of phenols is 8. The molecule has 8 aromatic carbocycles. The second-order valence-electron chi connectivity index (χ2n) is 16.7. The molecule has 12 heteroatoms. The maximum absolute atomic E-state index is 11.8. The molecule has 0 aliphatic heterocycles. The molecule has 0 spiro atoms. The second-order valence-corrected chi connectivity index (χ2v) is 17.8. The summed E-state index contributed by atoms with van der Waals surface area (Å²) in [7, 11) is 0. The van der Waals surface area contributed by atoms with Gasteiger partial charge in [-0.2, -0.15) is 0 Å². The minimum absolute atomic E-state index is 0.267. The van der Waals surface area contributed by atoms with Crippen LogP contribution in [-0.2, 0) is 5.41 Å². The average Bonchev–Trinajstić information content (AvgIpc) is 3.90. The fourth-order valence-electron chi connectivity index (χ4n) is 9.81. The third kappa shape index (κ3) is 5.22. The third-order valence-electron chi connectivity index (χ3n) is 13.0. The van der Waals surface area contributed by atoms with Crippen molar-refractivity contribution in [2.75, 3.05) is 0 Å². The molecule has 3 aromatic heterocycles. The van der Waals surface area contributed by atoms with Crippen LogP contribution in [0.2, 0.25) is 0 Å². The van der Waals surface area contributed by atoms with Gasteiger partial charge in [-0.25, -0.2) is 9.97 Å². The molecule has 0 amide bonds. The predicted octanol–water partition coefficient (Wildman–Crippen LogP) is 12.2. The molecule has 0 radical (unpaired) electrons. The third-order valence-corrected chi connectivity index (χ3v) is 14.2. The lowest BCUT2D eigenvalue weighted by atomic mass is 9.80. The first-order valence-electron chi connectivity index (χ1n) is 20.8. The SMILES string of the molecule is CC1(c2nc(-c3ccccc3)nc3c2sc2ccc(-c4cc5c6ccccc6c6ccccc6c5cc4-n4c5c(O)c(O)c(O)c(O)c5c5c(O)c(O)c(O)c(O)c54)cc23)C=CC=CC1. The van der Waals surface area contributed by atoms with Crippen LogP contribution in [0.15, 0.2) is 133 Å². The fourth-order valence-corrected chi connectivity index (χ4v) is 11.1. The Labute approximate surface area is 371 Å². The van der Waals surface area contributed by atoms with Crippen molar-refractivity contribution >= 4 is 85.8 Å². The Bertz CT molecular complexity index is 3910. The van der Waals surface area contributed by atoms with Crippen molar-refractivity contribution in [3.8, 4) is 74.2 Å². The highest BCUT2D eigenvalue weighted by Gasteiger charge is 2.34. The summed E-state index contributed by atoms with van der Waals surface area (Å²) in [4.78, 5) is 10.5. The summed E-state index contributed by atoms with van der Waals surface area (Å²) in [5.74, 6) is -7.49. The number of hydrogen-bond donors (Lipinski definition) is 8. The number of aromatic hydroxyl groups is 8. The summed E-state index contributed by atoms with van der Waals surface area (Å²) in [5.41, 5.74) is 2.86. The molecule has 1 atom stereocenters. The minimum atomic E-state index is -1.10. The highest BCUT2D eigenvalue weighted by Crippen LogP contribution is 2.60. The van der Waals surface area contributed by atoms with Crippen LogP contribution in [0.1, 0.15) is 19.0 Å². The number of allylic oxidation sites excluding steroid dienone is 4. The number of benzene rings is 8. The summed E-state index contributed by atoms with van der Waals surface area (Å²) in [6.45, 7) is 2.18. The Morgan fingerprint density at radius 2 is 1.08 bits per heavy atom. The first-order chi connectivity index (χ1) is 31.4. The van der Waals surface area contributed by atoms with Crippen LogP contribution in [0.5, 0.6) is 46.0 Å². The van der Waals surface area contributed by atoms with Gasteiger partial charge < -0.3 is 45.4 Å². The van der Waals surface area contributed by atoms with Crippen LogP contribution < -0.4 is 0 Å². The molecule has 65 heavy (non-hydrogen) atoms. The summed E-state index contributed by atoms with van der Waals surface area (Å²) >= 11 is 1.60. The van der Waals surface area contributed by atoms with E-state index in [1.54, 1.807) is 11.3 Å². The lowest BCUT2D eigenvalue weighted by molar-refractivity contribution is 0.350. The van der Waals surface area contributed by atoms with E-state index in [-0.39, 0.29) is 16.7 Å². The predicted molar refractivity (Wildman–Crippen MR) is 256 cm³/mol. The summed E-state index contributed by atoms with van der Waals surface area (Å²) in [6, 6.07) is 35.6. The number of aromatic nitrogens is 3. The van der Waals surface area contributed by atoms with E-state index >= 15 is 0 Å². The maximum atomic E-state index is 11.8. The zero-order valence-corrected chi connectivity index (χ0v) is 35.1. The fraction of sp³-hybridized carbons (Fsp3) is 0.0566. The van der Waals surface area contributed by atoms with Crippen molar-refractivity contribution in [3.63, 3.8) is 0 Å². The number of nitrogens with zero attached hydrogens (tertiary/aromatic N) is 3. The maximum Gasteiger partial charge on any atom is 0.206 e. The molecule has 3 heterocycles. The van der Waals surface area contributed by atoms with Gasteiger partial charge in [0.05, 0.1) is 32.4 Å². The quantitative estimate of drug-likeness (QED) is 0.0479. The summed E-state index contributed by atoms with van der Waals surface area (Å²) < 4.78 is 3.19. The van der Waals surface area contributed by atoms with Gasteiger partial charge in [0.1, 0.15) is 11.0 Å². The zero-order valence-electron chi connectivity index (χ0n) is 34.2. The second kappa shape index (κ2) is 13.5. The summed E-state index contributed by atoms with van der Waals surface area (Å²) in [5, 5.41) is 95.7. The molecule has 1 aliphatic rings. The highest BCUT2D eigenvalue weighted by atomic mass is 32.1. The zero-order chi connectivity index (χ0) is 44.6. The van der Waals surface area contributed by atoms with Crippen LogP contribution in [0.25, 0.3) is 103 Å². The Morgan fingerprint density at radius 1 is 0.523 bits per heavy atom. The molecular weight excluding hydrogens is 839 g/mol. The van der Waals surface area contributed by atoms with Crippen molar-refractivity contribution in [3.05, 3.63) is 139 Å². The lowest BCUT2D eigenvalue weighted by Crippen LogP contribution is -2.22. The molecular formula is C53H35N3O8S. The van der Waals surface area contributed by atoms with E-state index in [0.717, 1.165) is 70.3 Å². The molecule has 11 aromatic rings. The van der Waals surface area contributed by atoms with Crippen molar-refractivity contribution < 1.29 is 40.9 Å². The van der Waals surface area contributed by atoms with Gasteiger partial charge in [-0.15, -0.1) is 11.3 Å². The van der Waals surface area contributed by atoms with Crippen LogP contribution >= 0.6 is 11.3 Å². The van der Waals surface area contributed by atoms with E-state index in [2.05, 4.69) is 25.1 Å². The molecule has 8 N–H and O–H groups in total. The van der Waals surface area contributed by atoms with E-state index in [4.69, 9.17) is 9.97 Å². The Hall–Kier alpha value is -8.48. The molecule has 316 valence electrons. The molecule has 11 nitrogen and oxygen atoms in total. The number of phenolic OH excluding ortho intramolecular Hbond substituents is 8. The van der Waals surface area contributed by atoms with Crippen molar-refractivity contribution in [1.82, 2.24) is 14.5 Å². The van der Waals surface area contributed by atoms with E-state index in [1.165, 1.54) is 4.57 Å². The van der Waals surface area contributed by atoms with Crippen LogP contribution in [0, 0.1) is 0 Å². The van der Waals surface area contributed by atoms with Gasteiger partial charge in [0.15, 0.2) is 28.8 Å². The van der Waals surface area contributed by atoms with E-state index in [1.807, 2.05) is 115 Å². The molecule has 0 fully saturated rings. The first-order valence-corrected chi connectivity index (χ1v) is 21.6. The standard InChI is InChI=1S/C53H35N3O8S/c1-53(20-10-3-11-21-53)51-50-39(54-52(55-51)25-12-4-2-5-13-25)34-22-26(18-19-36(34)65-50)31-23-32-29-16-8-6-14-27(29)28-15-7-9-17-30(28)33(32)24-35(31)56-40-37(42(57)46(61)48(63)44(40)59)38-41(56)45(60)49(64)47(62)43(38)58/h2-20,22-24,57-64H,21H2,1H3. The normalized spacial score (nSPS) is 15.2. The Morgan fingerprint density at radius 3 is 1.66 bits per heavy atom. The van der Waals surface area contributed by atoms with Crippen molar-refractivity contribution in [2.24, 2.45) is 0 Å². The van der Waals surface area contributed by atoms with Gasteiger partial charge in [-0.3, -0.25) is 0 Å². The molecule has 1 unspecified atom stereocenters.